The van der Waals surface area contributed by atoms with Crippen molar-refractivity contribution < 1.29 is 4.84 Å². The zero-order valence-electron chi connectivity index (χ0n) is 13.8. The number of hydrogen-bond acceptors (Lipinski definition) is 6. The van der Waals surface area contributed by atoms with E-state index in [0.29, 0.717) is 24.3 Å². The van der Waals surface area contributed by atoms with Gasteiger partial charge < -0.3 is 5.32 Å². The maximum absolute atomic E-state index is 5.90. The van der Waals surface area contributed by atoms with Crippen LogP contribution in [0.25, 0.3) is 0 Å². The van der Waals surface area contributed by atoms with Gasteiger partial charge in [-0.05, 0) is 77.7 Å². The lowest BCUT2D eigenvalue weighted by Gasteiger charge is -2.38. The molecule has 0 aromatic carbocycles. The summed E-state index contributed by atoms with van der Waals surface area (Å²) in [5.41, 5.74) is 3.30. The van der Waals surface area contributed by atoms with Gasteiger partial charge in [0, 0.05) is 0 Å². The molecule has 0 radical (unpaired) electrons. The van der Waals surface area contributed by atoms with Crippen LogP contribution in [0.1, 0.15) is 38.5 Å². The molecule has 4 heterocycles. The first kappa shape index (κ1) is 15.3. The molecule has 6 nitrogen and oxygen atoms in total. The number of rotatable bonds is 3. The Balaban J connectivity index is 1.32. The number of likely N-dealkylation sites (N-methyl/N-ethyl adjacent to an activating group) is 1. The molecule has 6 heteroatoms. The van der Waals surface area contributed by atoms with Crippen LogP contribution in [0.2, 0.25) is 0 Å². The van der Waals surface area contributed by atoms with Crippen LogP contribution in [0.4, 0.5) is 0 Å². The fourth-order valence-corrected chi connectivity index (χ4v) is 4.69. The van der Waals surface area contributed by atoms with Crippen LogP contribution < -0.4 is 16.1 Å². The van der Waals surface area contributed by atoms with Gasteiger partial charge in [-0.15, -0.1) is 0 Å². The van der Waals surface area contributed by atoms with Crippen LogP contribution in [0.3, 0.4) is 0 Å². The maximum atomic E-state index is 5.90. The minimum Gasteiger partial charge on any atom is -0.302 e. The van der Waals surface area contributed by atoms with Gasteiger partial charge in [-0.2, -0.15) is 5.48 Å². The molecule has 0 bridgehead atoms. The minimum atomic E-state index is 0.151. The van der Waals surface area contributed by atoms with Crippen molar-refractivity contribution in [1.29, 1.82) is 0 Å². The van der Waals surface area contributed by atoms with Gasteiger partial charge in [0.15, 0.2) is 0 Å². The van der Waals surface area contributed by atoms with Gasteiger partial charge in [-0.1, -0.05) is 0 Å². The molecule has 4 aliphatic rings. The largest absolute Gasteiger partial charge is 0.302 e. The summed E-state index contributed by atoms with van der Waals surface area (Å²) in [6.45, 7) is 4.85. The predicted octanol–water partition coefficient (Wildman–Crippen LogP) is 0.279. The van der Waals surface area contributed by atoms with Gasteiger partial charge in [0.1, 0.15) is 6.23 Å². The van der Waals surface area contributed by atoms with E-state index in [9.17, 15) is 0 Å². The van der Waals surface area contributed by atoms with Gasteiger partial charge in [0.2, 0.25) is 0 Å². The number of likely N-dealkylation sites (tertiary alicyclic amines) is 2. The molecule has 4 aliphatic heterocycles. The average Bonchev–Trinajstić information content (AvgIpc) is 3.28. The Hall–Kier alpha value is -0.240. The van der Waals surface area contributed by atoms with Crippen LogP contribution in [0, 0.1) is 5.92 Å². The van der Waals surface area contributed by atoms with Crippen molar-refractivity contribution in [3.05, 3.63) is 0 Å². The number of hydroxylamine groups is 1. The third kappa shape index (κ3) is 3.05. The fraction of sp³-hybridized carbons (Fsp3) is 1.00. The number of hydrogen-bond donors (Lipinski definition) is 3. The first-order valence-corrected chi connectivity index (χ1v) is 9.16. The summed E-state index contributed by atoms with van der Waals surface area (Å²) >= 11 is 0. The van der Waals surface area contributed by atoms with Crippen molar-refractivity contribution in [2.45, 2.75) is 63.1 Å². The zero-order valence-corrected chi connectivity index (χ0v) is 13.8. The van der Waals surface area contributed by atoms with E-state index in [0.717, 1.165) is 6.54 Å². The number of nitrogens with zero attached hydrogens (tertiary/aromatic N) is 2. The Labute approximate surface area is 133 Å². The lowest BCUT2D eigenvalue weighted by Crippen LogP contribution is -2.54. The van der Waals surface area contributed by atoms with Crippen molar-refractivity contribution in [2.24, 2.45) is 5.92 Å². The SMILES string of the molecule is CN1CCC[C@H]1C1NC(C2CCNC(N3CCCC3)C2)NO1. The highest BCUT2D eigenvalue weighted by Gasteiger charge is 2.40. The third-order valence-corrected chi connectivity index (χ3v) is 6.07. The van der Waals surface area contributed by atoms with Crippen LogP contribution in [0.5, 0.6) is 0 Å². The molecule has 0 saturated carbocycles. The molecule has 126 valence electrons. The lowest BCUT2D eigenvalue weighted by atomic mass is 9.92. The van der Waals surface area contributed by atoms with Crippen molar-refractivity contribution in [3.8, 4) is 0 Å². The van der Waals surface area contributed by atoms with Gasteiger partial charge in [0.05, 0.1) is 18.4 Å². The molecule has 0 aliphatic carbocycles. The smallest absolute Gasteiger partial charge is 0.146 e. The van der Waals surface area contributed by atoms with Crippen molar-refractivity contribution in [1.82, 2.24) is 25.9 Å². The summed E-state index contributed by atoms with van der Waals surface area (Å²) in [7, 11) is 2.21. The number of piperidine rings is 1. The summed E-state index contributed by atoms with van der Waals surface area (Å²) in [5.74, 6) is 0.656. The van der Waals surface area contributed by atoms with Crippen molar-refractivity contribution in [3.63, 3.8) is 0 Å². The molecule has 0 amide bonds. The van der Waals surface area contributed by atoms with E-state index in [4.69, 9.17) is 4.84 Å². The Morgan fingerprint density at radius 2 is 1.91 bits per heavy atom. The maximum Gasteiger partial charge on any atom is 0.146 e. The van der Waals surface area contributed by atoms with Gasteiger partial charge in [0.25, 0.3) is 0 Å². The van der Waals surface area contributed by atoms with Crippen LogP contribution >= 0.6 is 0 Å². The zero-order chi connectivity index (χ0) is 14.9. The molecule has 5 atom stereocenters. The Morgan fingerprint density at radius 3 is 2.68 bits per heavy atom. The third-order valence-electron chi connectivity index (χ3n) is 6.07. The molecule has 4 rings (SSSR count). The topological polar surface area (TPSA) is 51.8 Å². The summed E-state index contributed by atoms with van der Waals surface area (Å²) in [5, 5.41) is 7.43. The van der Waals surface area contributed by atoms with E-state index in [1.807, 2.05) is 0 Å². The molecule has 22 heavy (non-hydrogen) atoms. The predicted molar refractivity (Wildman–Crippen MR) is 85.9 cm³/mol. The standard InChI is InChI=1S/C16H31N5O/c1-20-8-4-5-13(20)16-18-15(19-22-16)12-6-7-17-14(11-12)21-9-2-3-10-21/h12-19H,2-11H2,1H3/t12?,13-,14?,15?,16?/m0/s1. The molecule has 4 unspecified atom stereocenters. The first-order valence-electron chi connectivity index (χ1n) is 9.16. The first-order chi connectivity index (χ1) is 10.8. The quantitative estimate of drug-likeness (QED) is 0.696. The molecule has 3 N–H and O–H groups in total. The highest BCUT2D eigenvalue weighted by Crippen LogP contribution is 2.27. The highest BCUT2D eigenvalue weighted by atomic mass is 16.7. The lowest BCUT2D eigenvalue weighted by molar-refractivity contribution is -0.0202. The van der Waals surface area contributed by atoms with E-state index < -0.39 is 0 Å². The van der Waals surface area contributed by atoms with E-state index in [1.54, 1.807) is 0 Å². The van der Waals surface area contributed by atoms with Gasteiger partial charge in [-0.25, -0.2) is 0 Å². The number of nitrogens with one attached hydrogen (secondary N) is 3. The average molecular weight is 309 g/mol. The monoisotopic (exact) mass is 309 g/mol. The van der Waals surface area contributed by atoms with Crippen molar-refractivity contribution >= 4 is 0 Å². The minimum absolute atomic E-state index is 0.151. The normalized spacial score (nSPS) is 44.9. The molecule has 0 aromatic rings. The summed E-state index contributed by atoms with van der Waals surface area (Å²) in [6.07, 6.45) is 8.74. The van der Waals surface area contributed by atoms with Gasteiger partial charge in [-0.3, -0.25) is 20.0 Å². The van der Waals surface area contributed by atoms with E-state index in [-0.39, 0.29) is 6.23 Å². The second kappa shape index (κ2) is 6.71. The Morgan fingerprint density at radius 1 is 1.05 bits per heavy atom. The van der Waals surface area contributed by atoms with Crippen LogP contribution in [-0.2, 0) is 4.84 Å². The highest BCUT2D eigenvalue weighted by molar-refractivity contribution is 4.91. The van der Waals surface area contributed by atoms with Crippen LogP contribution in [0.15, 0.2) is 0 Å². The van der Waals surface area contributed by atoms with E-state index >= 15 is 0 Å². The molecular weight excluding hydrogens is 278 g/mol. The summed E-state index contributed by atoms with van der Waals surface area (Å²) in [6, 6.07) is 0.522. The summed E-state index contributed by atoms with van der Waals surface area (Å²) < 4.78 is 0. The van der Waals surface area contributed by atoms with E-state index in [2.05, 4.69) is 33.0 Å². The Bertz CT molecular complexity index is 376. The second-order valence-electron chi connectivity index (χ2n) is 7.49. The second-order valence-corrected chi connectivity index (χ2v) is 7.49. The van der Waals surface area contributed by atoms with Crippen molar-refractivity contribution in [2.75, 3.05) is 33.2 Å². The van der Waals surface area contributed by atoms with E-state index in [1.165, 1.54) is 58.2 Å². The molecule has 4 fully saturated rings. The molecule has 4 saturated heterocycles. The molecular formula is C16H31N5O. The Kier molecular flexibility index (Phi) is 4.66. The molecule has 0 aromatic heterocycles. The van der Waals surface area contributed by atoms with Crippen LogP contribution in [-0.4, -0.2) is 67.6 Å². The molecule has 0 spiro atoms. The van der Waals surface area contributed by atoms with Gasteiger partial charge >= 0.3 is 0 Å². The fourth-order valence-electron chi connectivity index (χ4n) is 4.69. The summed E-state index contributed by atoms with van der Waals surface area (Å²) in [4.78, 5) is 11.0.